The fourth-order valence-corrected chi connectivity index (χ4v) is 7.20. The molecule has 2 saturated carbocycles. The molecule has 0 aromatic rings. The van der Waals surface area contributed by atoms with Gasteiger partial charge in [0.15, 0.2) is 0 Å². The summed E-state index contributed by atoms with van der Waals surface area (Å²) in [5.41, 5.74) is 0. The lowest BCUT2D eigenvalue weighted by Gasteiger charge is -2.28. The molecule has 0 bridgehead atoms. The van der Waals surface area contributed by atoms with Crippen LogP contribution in [-0.2, 0) is 0 Å². The lowest BCUT2D eigenvalue weighted by molar-refractivity contribution is 0.291. The molecule has 5 aliphatic carbocycles. The summed E-state index contributed by atoms with van der Waals surface area (Å²) in [6.45, 7) is 3.95. The van der Waals surface area contributed by atoms with E-state index in [4.69, 9.17) is 0 Å². The zero-order chi connectivity index (χ0) is 18.9. The third-order valence-electron chi connectivity index (χ3n) is 8.41. The summed E-state index contributed by atoms with van der Waals surface area (Å²) in [7, 11) is 0. The van der Waals surface area contributed by atoms with Gasteiger partial charge < -0.3 is 0 Å². The van der Waals surface area contributed by atoms with Gasteiger partial charge in [0.05, 0.1) is 0 Å². The van der Waals surface area contributed by atoms with Crippen molar-refractivity contribution in [1.82, 2.24) is 0 Å². The standard InChI is InChI=1S/C28H34/c1-2-3-10-20-19-21(23-12-5-4-11-22(20)23)17-18-28-26-15-8-6-13-24(26)25-14-7-9-16-27(25)28/h2,4-9,11-16,20-28H,1,3,10,17-19H2. The largest absolute Gasteiger partial charge is 0.103 e. The maximum atomic E-state index is 3.95. The maximum absolute atomic E-state index is 3.95. The van der Waals surface area contributed by atoms with E-state index >= 15 is 0 Å². The second-order valence-corrected chi connectivity index (χ2v) is 9.64. The molecule has 0 heteroatoms. The van der Waals surface area contributed by atoms with Crippen molar-refractivity contribution in [2.75, 3.05) is 0 Å². The summed E-state index contributed by atoms with van der Waals surface area (Å²) in [6, 6.07) is 0. The molecule has 0 nitrogen and oxygen atoms in total. The molecule has 0 radical (unpaired) electrons. The lowest BCUT2D eigenvalue weighted by Crippen LogP contribution is -2.19. The highest BCUT2D eigenvalue weighted by Gasteiger charge is 2.47. The minimum atomic E-state index is 0.718. The van der Waals surface area contributed by atoms with Crippen LogP contribution in [0.3, 0.4) is 0 Å². The molecule has 0 saturated heterocycles. The summed E-state index contributed by atoms with van der Waals surface area (Å²) in [5.74, 6) is 6.99. The molecule has 0 aromatic heterocycles. The van der Waals surface area contributed by atoms with Crippen LogP contribution in [0.1, 0.15) is 32.1 Å². The fraction of sp³-hybridized carbons (Fsp3) is 0.500. The van der Waals surface area contributed by atoms with Gasteiger partial charge in [0.25, 0.3) is 0 Å². The molecule has 5 rings (SSSR count). The summed E-state index contributed by atoms with van der Waals surface area (Å²) in [6.07, 6.45) is 37.6. The third kappa shape index (κ3) is 3.15. The van der Waals surface area contributed by atoms with Crippen molar-refractivity contribution in [3.8, 4) is 0 Å². The van der Waals surface area contributed by atoms with Gasteiger partial charge >= 0.3 is 0 Å². The molecule has 28 heavy (non-hydrogen) atoms. The number of rotatable bonds is 6. The van der Waals surface area contributed by atoms with E-state index in [9.17, 15) is 0 Å². The van der Waals surface area contributed by atoms with E-state index in [1.807, 2.05) is 0 Å². The van der Waals surface area contributed by atoms with Crippen LogP contribution in [0.2, 0.25) is 0 Å². The fourth-order valence-electron chi connectivity index (χ4n) is 7.20. The van der Waals surface area contributed by atoms with E-state index in [1.54, 1.807) is 0 Å². The molecule has 8 atom stereocenters. The smallest absolute Gasteiger partial charge is 0.00956 e. The van der Waals surface area contributed by atoms with Gasteiger partial charge in [0, 0.05) is 0 Å². The SMILES string of the molecule is C=CCCC1CC(CCC2C3C=CC=CC3C3C=CC=CC32)C2C=CC=CC12. The minimum Gasteiger partial charge on any atom is -0.103 e. The van der Waals surface area contributed by atoms with Crippen LogP contribution in [0.5, 0.6) is 0 Å². The summed E-state index contributed by atoms with van der Waals surface area (Å²) in [5, 5.41) is 0. The van der Waals surface area contributed by atoms with Gasteiger partial charge in [-0.3, -0.25) is 0 Å². The molecule has 5 aliphatic rings. The van der Waals surface area contributed by atoms with E-state index in [1.165, 1.54) is 32.1 Å². The molecule has 2 fully saturated rings. The molecule has 0 heterocycles. The van der Waals surface area contributed by atoms with Crippen LogP contribution in [0.25, 0.3) is 0 Å². The Hall–Kier alpha value is -1.82. The Morgan fingerprint density at radius 2 is 1.04 bits per heavy atom. The van der Waals surface area contributed by atoms with Crippen LogP contribution >= 0.6 is 0 Å². The molecule has 0 amide bonds. The maximum Gasteiger partial charge on any atom is -0.00956 e. The zero-order valence-electron chi connectivity index (χ0n) is 16.9. The molecule has 0 aromatic carbocycles. The van der Waals surface area contributed by atoms with Gasteiger partial charge in [0.1, 0.15) is 0 Å². The molecule has 0 spiro atoms. The first-order valence-corrected chi connectivity index (χ1v) is 11.5. The van der Waals surface area contributed by atoms with Crippen molar-refractivity contribution in [3.63, 3.8) is 0 Å². The van der Waals surface area contributed by atoms with Crippen LogP contribution in [0.15, 0.2) is 85.6 Å². The lowest BCUT2D eigenvalue weighted by atomic mass is 9.77. The number of hydrogen-bond donors (Lipinski definition) is 0. The minimum absolute atomic E-state index is 0.718. The first-order chi connectivity index (χ1) is 13.9. The van der Waals surface area contributed by atoms with Gasteiger partial charge in [-0.25, -0.2) is 0 Å². The zero-order valence-corrected chi connectivity index (χ0v) is 16.9. The van der Waals surface area contributed by atoms with Crippen molar-refractivity contribution in [1.29, 1.82) is 0 Å². The van der Waals surface area contributed by atoms with Crippen LogP contribution in [0.4, 0.5) is 0 Å². The van der Waals surface area contributed by atoms with E-state index in [2.05, 4.69) is 85.6 Å². The Morgan fingerprint density at radius 3 is 1.57 bits per heavy atom. The van der Waals surface area contributed by atoms with Crippen molar-refractivity contribution in [2.24, 2.45) is 53.3 Å². The monoisotopic (exact) mass is 370 g/mol. The molecule has 0 N–H and O–H groups in total. The summed E-state index contributed by atoms with van der Waals surface area (Å²) >= 11 is 0. The average molecular weight is 371 g/mol. The Morgan fingerprint density at radius 1 is 0.571 bits per heavy atom. The van der Waals surface area contributed by atoms with Crippen LogP contribution < -0.4 is 0 Å². The highest BCUT2D eigenvalue weighted by atomic mass is 14.5. The Labute approximate surface area is 171 Å². The molecule has 8 unspecified atom stereocenters. The number of fused-ring (bicyclic) bond motifs is 4. The van der Waals surface area contributed by atoms with E-state index in [0.717, 1.165) is 53.3 Å². The number of allylic oxidation sites excluding steroid dienone is 13. The van der Waals surface area contributed by atoms with Crippen LogP contribution in [0, 0.1) is 53.3 Å². The molecule has 146 valence electrons. The Bertz CT molecular complexity index is 723. The second-order valence-electron chi connectivity index (χ2n) is 9.64. The highest BCUT2D eigenvalue weighted by Crippen LogP contribution is 2.54. The third-order valence-corrected chi connectivity index (χ3v) is 8.41. The van der Waals surface area contributed by atoms with Crippen molar-refractivity contribution in [2.45, 2.75) is 32.1 Å². The number of hydrogen-bond acceptors (Lipinski definition) is 0. The van der Waals surface area contributed by atoms with E-state index < -0.39 is 0 Å². The first kappa shape index (κ1) is 18.2. The summed E-state index contributed by atoms with van der Waals surface area (Å²) < 4.78 is 0. The van der Waals surface area contributed by atoms with Crippen molar-refractivity contribution < 1.29 is 0 Å². The molecular weight excluding hydrogens is 336 g/mol. The van der Waals surface area contributed by atoms with E-state index in [-0.39, 0.29) is 0 Å². The predicted octanol–water partition coefficient (Wildman–Crippen LogP) is 7.07. The normalized spacial score (nSPS) is 44.5. The van der Waals surface area contributed by atoms with Gasteiger partial charge in [0.2, 0.25) is 0 Å². The first-order valence-electron chi connectivity index (χ1n) is 11.5. The predicted molar refractivity (Wildman–Crippen MR) is 120 cm³/mol. The van der Waals surface area contributed by atoms with Crippen molar-refractivity contribution in [3.05, 3.63) is 85.6 Å². The second kappa shape index (κ2) is 7.90. The quantitative estimate of drug-likeness (QED) is 0.438. The Balaban J connectivity index is 1.29. The van der Waals surface area contributed by atoms with Gasteiger partial charge in [-0.2, -0.15) is 0 Å². The Kier molecular flexibility index (Phi) is 5.14. The van der Waals surface area contributed by atoms with Gasteiger partial charge in [-0.1, -0.05) is 79.0 Å². The van der Waals surface area contributed by atoms with Gasteiger partial charge in [-0.05, 0) is 85.4 Å². The van der Waals surface area contributed by atoms with Crippen LogP contribution in [-0.4, -0.2) is 0 Å². The van der Waals surface area contributed by atoms with E-state index in [0.29, 0.717) is 0 Å². The molecule has 0 aliphatic heterocycles. The summed E-state index contributed by atoms with van der Waals surface area (Å²) in [4.78, 5) is 0. The van der Waals surface area contributed by atoms with Crippen molar-refractivity contribution >= 4 is 0 Å². The molecular formula is C28H34. The van der Waals surface area contributed by atoms with Gasteiger partial charge in [-0.15, -0.1) is 6.58 Å². The topological polar surface area (TPSA) is 0 Å². The highest BCUT2D eigenvalue weighted by molar-refractivity contribution is 5.28. The average Bonchev–Trinajstić information content (AvgIpc) is 3.27.